The first-order valence-electron chi connectivity index (χ1n) is 8.39. The Bertz CT molecular complexity index is 319. The topological polar surface area (TPSA) is 15.3 Å². The van der Waals surface area contributed by atoms with Crippen LogP contribution in [-0.2, 0) is 0 Å². The van der Waals surface area contributed by atoms with E-state index < -0.39 is 0 Å². The number of hydrogen-bond donors (Lipinski definition) is 1. The number of likely N-dealkylation sites (tertiary alicyclic amines) is 1. The van der Waals surface area contributed by atoms with Crippen LogP contribution in [0.3, 0.4) is 0 Å². The fraction of sp³-hybridized carbons (Fsp3) is 0.882. The first-order valence-corrected chi connectivity index (χ1v) is 8.39. The second kappa shape index (κ2) is 5.97. The highest BCUT2D eigenvalue weighted by Crippen LogP contribution is 2.44. The van der Waals surface area contributed by atoms with E-state index in [9.17, 15) is 0 Å². The zero-order chi connectivity index (χ0) is 13.2. The van der Waals surface area contributed by atoms with Gasteiger partial charge in [0.2, 0.25) is 0 Å². The molecule has 2 fully saturated rings. The van der Waals surface area contributed by atoms with Crippen molar-refractivity contribution in [2.75, 3.05) is 19.6 Å². The molecule has 0 spiro atoms. The van der Waals surface area contributed by atoms with Crippen LogP contribution in [-0.4, -0.2) is 36.6 Å². The monoisotopic (exact) mass is 262 g/mol. The fourth-order valence-electron chi connectivity index (χ4n) is 4.55. The van der Waals surface area contributed by atoms with Crippen LogP contribution in [0.5, 0.6) is 0 Å². The summed E-state index contributed by atoms with van der Waals surface area (Å²) in [4.78, 5) is 2.65. The van der Waals surface area contributed by atoms with Crippen molar-refractivity contribution in [3.8, 4) is 0 Å². The number of piperidine rings is 1. The minimum atomic E-state index is 0.635. The number of rotatable bonds is 5. The summed E-state index contributed by atoms with van der Waals surface area (Å²) in [5.41, 5.74) is 0. The maximum absolute atomic E-state index is 3.88. The van der Waals surface area contributed by atoms with Gasteiger partial charge in [-0.25, -0.2) is 0 Å². The first-order chi connectivity index (χ1) is 9.22. The van der Waals surface area contributed by atoms with Crippen LogP contribution in [0.2, 0.25) is 0 Å². The van der Waals surface area contributed by atoms with Crippen LogP contribution in [0.1, 0.15) is 46.0 Å². The number of nitrogens with one attached hydrogen (secondary N) is 1. The lowest BCUT2D eigenvalue weighted by atomic mass is 9.87. The van der Waals surface area contributed by atoms with Gasteiger partial charge in [-0.05, 0) is 70.4 Å². The Kier molecular flexibility index (Phi) is 4.28. The van der Waals surface area contributed by atoms with E-state index in [1.807, 2.05) is 0 Å². The van der Waals surface area contributed by atoms with Crippen LogP contribution in [0.15, 0.2) is 12.2 Å². The lowest BCUT2D eigenvalue weighted by Crippen LogP contribution is -2.47. The van der Waals surface area contributed by atoms with E-state index in [1.165, 1.54) is 51.7 Å². The summed E-state index contributed by atoms with van der Waals surface area (Å²) in [5, 5.41) is 3.88. The minimum Gasteiger partial charge on any atom is -0.310 e. The van der Waals surface area contributed by atoms with Crippen LogP contribution >= 0.6 is 0 Å². The first kappa shape index (κ1) is 13.6. The Labute approximate surface area is 118 Å². The lowest BCUT2D eigenvalue weighted by Gasteiger charge is -2.33. The summed E-state index contributed by atoms with van der Waals surface area (Å²) in [6, 6.07) is 1.32. The zero-order valence-corrected chi connectivity index (χ0v) is 12.6. The van der Waals surface area contributed by atoms with Gasteiger partial charge in [0.25, 0.3) is 0 Å². The van der Waals surface area contributed by atoms with Crippen molar-refractivity contribution in [2.24, 2.45) is 17.8 Å². The molecule has 2 heteroatoms. The molecule has 19 heavy (non-hydrogen) atoms. The van der Waals surface area contributed by atoms with Crippen LogP contribution in [0.25, 0.3) is 0 Å². The molecule has 3 aliphatic rings. The Balaban J connectivity index is 1.43. The number of nitrogens with zero attached hydrogens (tertiary/aromatic N) is 1. The Morgan fingerprint density at radius 1 is 1.11 bits per heavy atom. The Hall–Kier alpha value is -0.340. The van der Waals surface area contributed by atoms with Gasteiger partial charge in [-0.15, -0.1) is 0 Å². The van der Waals surface area contributed by atoms with Crippen molar-refractivity contribution in [1.29, 1.82) is 0 Å². The molecule has 1 saturated heterocycles. The molecule has 1 N–H and O–H groups in total. The van der Waals surface area contributed by atoms with Gasteiger partial charge >= 0.3 is 0 Å². The quantitative estimate of drug-likeness (QED) is 0.766. The molecule has 0 aromatic carbocycles. The second-order valence-electron chi connectivity index (χ2n) is 7.16. The molecule has 0 radical (unpaired) electrons. The van der Waals surface area contributed by atoms with E-state index in [2.05, 4.69) is 36.2 Å². The molecule has 108 valence electrons. The van der Waals surface area contributed by atoms with Gasteiger partial charge in [-0.3, -0.25) is 0 Å². The maximum atomic E-state index is 3.88. The van der Waals surface area contributed by atoms with Gasteiger partial charge in [-0.1, -0.05) is 18.6 Å². The summed E-state index contributed by atoms with van der Waals surface area (Å²) in [6.45, 7) is 8.65. The number of allylic oxidation sites excluding steroid dienone is 2. The van der Waals surface area contributed by atoms with Gasteiger partial charge in [0, 0.05) is 18.6 Å². The molecule has 3 rings (SSSR count). The highest BCUT2D eigenvalue weighted by Gasteiger charge is 2.38. The van der Waals surface area contributed by atoms with E-state index >= 15 is 0 Å². The SMILES string of the molecule is CC(CN1CCCCC1)NC(C)C1CC2C=CC1C2. The van der Waals surface area contributed by atoms with Crippen molar-refractivity contribution < 1.29 is 0 Å². The third-order valence-electron chi connectivity index (χ3n) is 5.50. The van der Waals surface area contributed by atoms with E-state index in [4.69, 9.17) is 0 Å². The van der Waals surface area contributed by atoms with Gasteiger partial charge in [0.1, 0.15) is 0 Å². The molecule has 2 aliphatic carbocycles. The van der Waals surface area contributed by atoms with E-state index in [0.29, 0.717) is 12.1 Å². The molecule has 1 saturated carbocycles. The summed E-state index contributed by atoms with van der Waals surface area (Å²) < 4.78 is 0. The molecule has 0 aromatic heterocycles. The minimum absolute atomic E-state index is 0.635. The summed E-state index contributed by atoms with van der Waals surface area (Å²) in [6.07, 6.45) is 12.0. The summed E-state index contributed by atoms with van der Waals surface area (Å²) >= 11 is 0. The van der Waals surface area contributed by atoms with Gasteiger partial charge in [0.05, 0.1) is 0 Å². The predicted molar refractivity (Wildman–Crippen MR) is 81.2 cm³/mol. The molecular weight excluding hydrogens is 232 g/mol. The molecule has 5 atom stereocenters. The molecule has 2 bridgehead atoms. The fourth-order valence-corrected chi connectivity index (χ4v) is 4.55. The predicted octanol–water partition coefficient (Wildman–Crippen LogP) is 3.05. The third-order valence-corrected chi connectivity index (χ3v) is 5.50. The lowest BCUT2D eigenvalue weighted by molar-refractivity contribution is 0.195. The smallest absolute Gasteiger partial charge is 0.0169 e. The highest BCUT2D eigenvalue weighted by atomic mass is 15.2. The maximum Gasteiger partial charge on any atom is 0.0169 e. The van der Waals surface area contributed by atoms with Gasteiger partial charge in [0.15, 0.2) is 0 Å². The summed E-state index contributed by atoms with van der Waals surface area (Å²) in [7, 11) is 0. The molecule has 1 aliphatic heterocycles. The molecular formula is C17H30N2. The Morgan fingerprint density at radius 2 is 1.89 bits per heavy atom. The highest BCUT2D eigenvalue weighted by molar-refractivity contribution is 5.11. The van der Waals surface area contributed by atoms with E-state index in [-0.39, 0.29) is 0 Å². The summed E-state index contributed by atoms with van der Waals surface area (Å²) in [5.74, 6) is 2.66. The Morgan fingerprint density at radius 3 is 2.53 bits per heavy atom. The average molecular weight is 262 g/mol. The number of hydrogen-bond acceptors (Lipinski definition) is 2. The molecule has 2 nitrogen and oxygen atoms in total. The average Bonchev–Trinajstić information content (AvgIpc) is 3.02. The van der Waals surface area contributed by atoms with Crippen molar-refractivity contribution in [2.45, 2.75) is 58.0 Å². The van der Waals surface area contributed by atoms with Crippen LogP contribution in [0, 0.1) is 17.8 Å². The largest absolute Gasteiger partial charge is 0.310 e. The van der Waals surface area contributed by atoms with Crippen molar-refractivity contribution >= 4 is 0 Å². The molecule has 5 unspecified atom stereocenters. The van der Waals surface area contributed by atoms with Crippen molar-refractivity contribution in [3.05, 3.63) is 12.2 Å². The van der Waals surface area contributed by atoms with Gasteiger partial charge in [-0.2, -0.15) is 0 Å². The van der Waals surface area contributed by atoms with Crippen LogP contribution in [0.4, 0.5) is 0 Å². The van der Waals surface area contributed by atoms with Crippen molar-refractivity contribution in [1.82, 2.24) is 10.2 Å². The van der Waals surface area contributed by atoms with Crippen molar-refractivity contribution in [3.63, 3.8) is 0 Å². The number of fused-ring (bicyclic) bond motifs is 2. The zero-order valence-electron chi connectivity index (χ0n) is 12.6. The molecule has 0 aromatic rings. The standard InChI is InChI=1S/C17H30N2/c1-13(12-19-8-4-3-5-9-19)18-14(2)17-11-15-6-7-16(17)10-15/h6-7,13-18H,3-5,8-12H2,1-2H3. The normalized spacial score (nSPS) is 37.7. The van der Waals surface area contributed by atoms with E-state index in [0.717, 1.165) is 17.8 Å². The van der Waals surface area contributed by atoms with Crippen LogP contribution < -0.4 is 5.32 Å². The molecule has 1 heterocycles. The van der Waals surface area contributed by atoms with Gasteiger partial charge < -0.3 is 10.2 Å². The second-order valence-corrected chi connectivity index (χ2v) is 7.16. The molecule has 0 amide bonds. The third kappa shape index (κ3) is 3.22. The van der Waals surface area contributed by atoms with E-state index in [1.54, 1.807) is 0 Å².